The molecule has 0 spiro atoms. The second-order valence-corrected chi connectivity index (χ2v) is 3.22. The Morgan fingerprint density at radius 2 is 2.14 bits per heavy atom. The van der Waals surface area contributed by atoms with Crippen molar-refractivity contribution < 1.29 is 4.74 Å². The second kappa shape index (κ2) is 5.51. The predicted octanol–water partition coefficient (Wildman–Crippen LogP) is -0.124. The smallest absolute Gasteiger partial charge is 0.233 e. The van der Waals surface area contributed by atoms with Crippen LogP contribution in [-0.2, 0) is 6.54 Å². The average molecular weight is 196 g/mol. The first-order chi connectivity index (χ1) is 6.72. The van der Waals surface area contributed by atoms with Crippen molar-refractivity contribution in [2.75, 3.05) is 27.2 Å². The van der Waals surface area contributed by atoms with Crippen LogP contribution >= 0.6 is 0 Å². The van der Waals surface area contributed by atoms with Crippen LogP contribution in [0.25, 0.3) is 0 Å². The highest BCUT2D eigenvalue weighted by Crippen LogP contribution is 2.03. The summed E-state index contributed by atoms with van der Waals surface area (Å²) in [4.78, 5) is 2.04. The zero-order valence-corrected chi connectivity index (χ0v) is 8.60. The molecular formula is C9H16N4O. The lowest BCUT2D eigenvalue weighted by molar-refractivity contribution is 0.251. The van der Waals surface area contributed by atoms with E-state index in [2.05, 4.69) is 10.2 Å². The average Bonchev–Trinajstić information content (AvgIpc) is 2.18. The van der Waals surface area contributed by atoms with Gasteiger partial charge in [-0.2, -0.15) is 5.10 Å². The maximum Gasteiger partial charge on any atom is 0.233 e. The number of nitrogens with two attached hydrogens (primary N) is 1. The molecule has 0 atom stereocenters. The lowest BCUT2D eigenvalue weighted by Gasteiger charge is -2.09. The number of likely N-dealkylation sites (N-methyl/N-ethyl adjacent to an activating group) is 1. The van der Waals surface area contributed by atoms with E-state index < -0.39 is 0 Å². The predicted molar refractivity (Wildman–Crippen MR) is 54.0 cm³/mol. The van der Waals surface area contributed by atoms with E-state index in [0.717, 1.165) is 12.2 Å². The molecule has 0 fully saturated rings. The normalized spacial score (nSPS) is 10.6. The third kappa shape index (κ3) is 3.68. The van der Waals surface area contributed by atoms with Crippen LogP contribution in [0.3, 0.4) is 0 Å². The molecule has 1 aromatic heterocycles. The minimum absolute atomic E-state index is 0.408. The first kappa shape index (κ1) is 10.9. The Morgan fingerprint density at radius 3 is 2.64 bits per heavy atom. The molecule has 0 aliphatic carbocycles. The molecule has 0 aromatic carbocycles. The van der Waals surface area contributed by atoms with Crippen LogP contribution in [0.1, 0.15) is 5.69 Å². The van der Waals surface area contributed by atoms with Gasteiger partial charge in [-0.05, 0) is 20.2 Å². The molecule has 2 N–H and O–H groups in total. The van der Waals surface area contributed by atoms with E-state index in [1.54, 1.807) is 6.07 Å². The molecule has 0 aliphatic rings. The van der Waals surface area contributed by atoms with Gasteiger partial charge >= 0.3 is 0 Å². The summed E-state index contributed by atoms with van der Waals surface area (Å²) in [6.07, 6.45) is 0. The lowest BCUT2D eigenvalue weighted by Crippen LogP contribution is -2.19. The molecule has 0 amide bonds. The van der Waals surface area contributed by atoms with Crippen LogP contribution in [0.4, 0.5) is 0 Å². The molecule has 0 saturated heterocycles. The second-order valence-electron chi connectivity index (χ2n) is 3.22. The largest absolute Gasteiger partial charge is 0.475 e. The third-order valence-corrected chi connectivity index (χ3v) is 1.69. The Labute approximate surface area is 83.9 Å². The lowest BCUT2D eigenvalue weighted by atomic mass is 10.4. The zero-order chi connectivity index (χ0) is 10.4. The fourth-order valence-electron chi connectivity index (χ4n) is 0.866. The molecule has 14 heavy (non-hydrogen) atoms. The highest BCUT2D eigenvalue weighted by atomic mass is 16.5. The van der Waals surface area contributed by atoms with E-state index >= 15 is 0 Å². The van der Waals surface area contributed by atoms with Gasteiger partial charge in [0.1, 0.15) is 6.61 Å². The maximum atomic E-state index is 5.39. The van der Waals surface area contributed by atoms with Gasteiger partial charge in [0, 0.05) is 19.2 Å². The molecule has 0 aliphatic heterocycles. The van der Waals surface area contributed by atoms with Gasteiger partial charge in [-0.25, -0.2) is 0 Å². The first-order valence-corrected chi connectivity index (χ1v) is 4.52. The van der Waals surface area contributed by atoms with Crippen molar-refractivity contribution in [3.63, 3.8) is 0 Å². The molecule has 78 valence electrons. The van der Waals surface area contributed by atoms with Gasteiger partial charge in [0.05, 0.1) is 5.69 Å². The SMILES string of the molecule is CN(C)CCOc1ccc(CN)nn1. The van der Waals surface area contributed by atoms with Gasteiger partial charge in [-0.15, -0.1) is 5.10 Å². The van der Waals surface area contributed by atoms with Gasteiger partial charge in [-0.3, -0.25) is 0 Å². The van der Waals surface area contributed by atoms with Crippen molar-refractivity contribution >= 4 is 0 Å². The Kier molecular flexibility index (Phi) is 4.28. The highest BCUT2D eigenvalue weighted by Gasteiger charge is 1.97. The van der Waals surface area contributed by atoms with Crippen molar-refractivity contribution in [1.82, 2.24) is 15.1 Å². The molecule has 1 aromatic rings. The molecule has 0 saturated carbocycles. The van der Waals surface area contributed by atoms with Crippen LogP contribution < -0.4 is 10.5 Å². The van der Waals surface area contributed by atoms with Crippen LogP contribution in [0.5, 0.6) is 5.88 Å². The van der Waals surface area contributed by atoms with Gasteiger partial charge in [-0.1, -0.05) is 0 Å². The molecule has 1 heterocycles. The molecular weight excluding hydrogens is 180 g/mol. The van der Waals surface area contributed by atoms with Crippen molar-refractivity contribution in [2.24, 2.45) is 5.73 Å². The van der Waals surface area contributed by atoms with Crippen molar-refractivity contribution in [3.05, 3.63) is 17.8 Å². The van der Waals surface area contributed by atoms with Crippen molar-refractivity contribution in [2.45, 2.75) is 6.54 Å². The summed E-state index contributed by atoms with van der Waals surface area (Å²) in [5.41, 5.74) is 6.16. The summed E-state index contributed by atoms with van der Waals surface area (Å²) in [6, 6.07) is 3.60. The molecule has 0 unspecified atom stereocenters. The van der Waals surface area contributed by atoms with E-state index in [-0.39, 0.29) is 0 Å². The maximum absolute atomic E-state index is 5.39. The van der Waals surface area contributed by atoms with Crippen LogP contribution in [0, 0.1) is 0 Å². The summed E-state index contributed by atoms with van der Waals surface area (Å²) in [5.74, 6) is 0.545. The summed E-state index contributed by atoms with van der Waals surface area (Å²) in [6.45, 7) is 1.88. The first-order valence-electron chi connectivity index (χ1n) is 4.52. The van der Waals surface area contributed by atoms with Crippen LogP contribution in [0.2, 0.25) is 0 Å². The number of rotatable bonds is 5. The quantitative estimate of drug-likeness (QED) is 0.711. The standard InChI is InChI=1S/C9H16N4O/c1-13(2)5-6-14-9-4-3-8(7-10)11-12-9/h3-4H,5-7,10H2,1-2H3. The fourth-order valence-corrected chi connectivity index (χ4v) is 0.866. The van der Waals surface area contributed by atoms with Crippen LogP contribution in [-0.4, -0.2) is 42.3 Å². The number of hydrogen-bond donors (Lipinski definition) is 1. The summed E-state index contributed by atoms with van der Waals surface area (Å²) in [7, 11) is 3.99. The number of aromatic nitrogens is 2. The van der Waals surface area contributed by atoms with E-state index in [0.29, 0.717) is 19.0 Å². The Hall–Kier alpha value is -1.20. The van der Waals surface area contributed by atoms with E-state index in [1.807, 2.05) is 25.1 Å². The molecule has 1 rings (SSSR count). The monoisotopic (exact) mass is 196 g/mol. The van der Waals surface area contributed by atoms with E-state index in [9.17, 15) is 0 Å². The molecule has 5 heteroatoms. The van der Waals surface area contributed by atoms with E-state index in [1.165, 1.54) is 0 Å². The topological polar surface area (TPSA) is 64.3 Å². The Bertz CT molecular complexity index is 260. The van der Waals surface area contributed by atoms with Gasteiger partial charge in [0.25, 0.3) is 0 Å². The minimum atomic E-state index is 0.408. The zero-order valence-electron chi connectivity index (χ0n) is 8.60. The third-order valence-electron chi connectivity index (χ3n) is 1.69. The molecule has 0 radical (unpaired) electrons. The molecule has 5 nitrogen and oxygen atoms in total. The fraction of sp³-hybridized carbons (Fsp3) is 0.556. The number of hydrogen-bond acceptors (Lipinski definition) is 5. The number of nitrogens with zero attached hydrogens (tertiary/aromatic N) is 3. The van der Waals surface area contributed by atoms with Gasteiger partial charge < -0.3 is 15.4 Å². The summed E-state index contributed by atoms with van der Waals surface area (Å²) < 4.78 is 5.36. The van der Waals surface area contributed by atoms with Gasteiger partial charge in [0.15, 0.2) is 0 Å². The van der Waals surface area contributed by atoms with Crippen molar-refractivity contribution in [3.8, 4) is 5.88 Å². The van der Waals surface area contributed by atoms with Crippen molar-refractivity contribution in [1.29, 1.82) is 0 Å². The Balaban J connectivity index is 2.36. The number of ether oxygens (including phenoxy) is 1. The van der Waals surface area contributed by atoms with Gasteiger partial charge in [0.2, 0.25) is 5.88 Å². The summed E-state index contributed by atoms with van der Waals surface area (Å²) in [5, 5.41) is 7.76. The molecule has 0 bridgehead atoms. The highest BCUT2D eigenvalue weighted by molar-refractivity contribution is 5.11. The summed E-state index contributed by atoms with van der Waals surface area (Å²) >= 11 is 0. The minimum Gasteiger partial charge on any atom is -0.475 e. The van der Waals surface area contributed by atoms with E-state index in [4.69, 9.17) is 10.5 Å². The Morgan fingerprint density at radius 1 is 1.36 bits per heavy atom. The van der Waals surface area contributed by atoms with Crippen LogP contribution in [0.15, 0.2) is 12.1 Å².